The molecule has 2 atom stereocenters. The summed E-state index contributed by atoms with van der Waals surface area (Å²) in [6, 6.07) is 3.70. The fourth-order valence-electron chi connectivity index (χ4n) is 1.46. The molecule has 0 saturated heterocycles. The van der Waals surface area contributed by atoms with E-state index in [1.165, 1.54) is 4.52 Å². The predicted molar refractivity (Wildman–Crippen MR) is 64.9 cm³/mol. The van der Waals surface area contributed by atoms with E-state index in [9.17, 15) is 4.79 Å². The molecule has 17 heavy (non-hydrogen) atoms. The van der Waals surface area contributed by atoms with Gasteiger partial charge in [0.25, 0.3) is 0 Å². The molecule has 0 bridgehead atoms. The molecule has 0 aliphatic heterocycles. The van der Waals surface area contributed by atoms with Gasteiger partial charge in [-0.2, -0.15) is 9.61 Å². The van der Waals surface area contributed by atoms with Crippen molar-refractivity contribution >= 4 is 11.5 Å². The second-order valence-corrected chi connectivity index (χ2v) is 4.16. The van der Waals surface area contributed by atoms with E-state index in [0.717, 1.165) is 0 Å². The van der Waals surface area contributed by atoms with Crippen LogP contribution in [-0.4, -0.2) is 32.4 Å². The SMILES string of the molecule is CC(CN)C(C)Nc1ccc2n[nH]c(=O)n2n1. The lowest BCUT2D eigenvalue weighted by molar-refractivity contribution is 0.519. The van der Waals surface area contributed by atoms with Crippen molar-refractivity contribution < 1.29 is 0 Å². The fourth-order valence-corrected chi connectivity index (χ4v) is 1.46. The highest BCUT2D eigenvalue weighted by Crippen LogP contribution is 2.09. The van der Waals surface area contributed by atoms with Crippen LogP contribution in [0.4, 0.5) is 5.82 Å². The summed E-state index contributed by atoms with van der Waals surface area (Å²) in [4.78, 5) is 11.3. The highest BCUT2D eigenvalue weighted by molar-refractivity contribution is 5.43. The van der Waals surface area contributed by atoms with Crippen LogP contribution in [0.25, 0.3) is 5.65 Å². The summed E-state index contributed by atoms with van der Waals surface area (Å²) < 4.78 is 1.22. The Kier molecular flexibility index (Phi) is 3.10. The number of aromatic amines is 1. The Balaban J connectivity index is 2.24. The van der Waals surface area contributed by atoms with Crippen LogP contribution >= 0.6 is 0 Å². The molecule has 2 unspecified atom stereocenters. The van der Waals surface area contributed by atoms with Crippen molar-refractivity contribution in [2.45, 2.75) is 19.9 Å². The third-order valence-electron chi connectivity index (χ3n) is 2.87. The molecule has 2 heterocycles. The van der Waals surface area contributed by atoms with Crippen LogP contribution in [0.1, 0.15) is 13.8 Å². The Hall–Kier alpha value is -1.89. The number of nitrogens with one attached hydrogen (secondary N) is 2. The summed E-state index contributed by atoms with van der Waals surface area (Å²) >= 11 is 0. The van der Waals surface area contributed by atoms with Crippen LogP contribution in [-0.2, 0) is 0 Å². The van der Waals surface area contributed by atoms with Gasteiger partial charge in [0.15, 0.2) is 5.65 Å². The monoisotopic (exact) mass is 236 g/mol. The largest absolute Gasteiger partial charge is 0.366 e. The first-order chi connectivity index (χ1) is 8.11. The van der Waals surface area contributed by atoms with Gasteiger partial charge >= 0.3 is 5.69 Å². The number of nitrogens with two attached hydrogens (primary N) is 1. The zero-order chi connectivity index (χ0) is 12.4. The van der Waals surface area contributed by atoms with Gasteiger partial charge < -0.3 is 11.1 Å². The Morgan fingerprint density at radius 1 is 1.53 bits per heavy atom. The van der Waals surface area contributed by atoms with Gasteiger partial charge in [0, 0.05) is 6.04 Å². The summed E-state index contributed by atoms with van der Waals surface area (Å²) in [6.07, 6.45) is 0. The van der Waals surface area contributed by atoms with Crippen LogP contribution in [0, 0.1) is 5.92 Å². The van der Waals surface area contributed by atoms with Crippen LogP contribution in [0.5, 0.6) is 0 Å². The summed E-state index contributed by atoms with van der Waals surface area (Å²) in [5, 5.41) is 13.5. The molecule has 0 radical (unpaired) electrons. The van der Waals surface area contributed by atoms with Gasteiger partial charge in [-0.1, -0.05) is 6.92 Å². The lowest BCUT2D eigenvalue weighted by atomic mass is 10.0. The normalized spacial score (nSPS) is 14.8. The third kappa shape index (κ3) is 2.28. The highest BCUT2D eigenvalue weighted by atomic mass is 16.2. The molecule has 7 heteroatoms. The van der Waals surface area contributed by atoms with Crippen molar-refractivity contribution in [1.82, 2.24) is 19.8 Å². The Bertz CT molecular complexity index is 559. The average Bonchev–Trinajstić information content (AvgIpc) is 2.70. The number of hydrogen-bond acceptors (Lipinski definition) is 5. The van der Waals surface area contributed by atoms with Gasteiger partial charge in [0.2, 0.25) is 0 Å². The molecule has 0 aromatic carbocycles. The molecule has 0 saturated carbocycles. The minimum absolute atomic E-state index is 0.188. The van der Waals surface area contributed by atoms with E-state index in [1.807, 2.05) is 6.92 Å². The third-order valence-corrected chi connectivity index (χ3v) is 2.87. The summed E-state index contributed by atoms with van der Waals surface area (Å²) in [6.45, 7) is 4.68. The minimum Gasteiger partial charge on any atom is -0.366 e. The van der Waals surface area contributed by atoms with E-state index in [0.29, 0.717) is 23.9 Å². The molecule has 2 aromatic heterocycles. The second kappa shape index (κ2) is 4.54. The zero-order valence-electron chi connectivity index (χ0n) is 9.84. The number of anilines is 1. The molecular formula is C10H16N6O. The molecule has 92 valence electrons. The maximum Gasteiger partial charge on any atom is 0.364 e. The summed E-state index contributed by atoms with van der Waals surface area (Å²) in [7, 11) is 0. The Morgan fingerprint density at radius 2 is 2.29 bits per heavy atom. The van der Waals surface area contributed by atoms with Crippen molar-refractivity contribution in [2.24, 2.45) is 11.7 Å². The molecule has 0 spiro atoms. The van der Waals surface area contributed by atoms with E-state index < -0.39 is 0 Å². The molecule has 2 aromatic rings. The standard InChI is InChI=1S/C10H16N6O/c1-6(5-11)7(2)12-8-3-4-9-13-14-10(17)16(9)15-8/h3-4,6-7H,5,11H2,1-2H3,(H,12,15)(H,14,17). The molecule has 7 nitrogen and oxygen atoms in total. The average molecular weight is 236 g/mol. The lowest BCUT2D eigenvalue weighted by Gasteiger charge is -2.19. The smallest absolute Gasteiger partial charge is 0.364 e. The second-order valence-electron chi connectivity index (χ2n) is 4.16. The van der Waals surface area contributed by atoms with Crippen molar-refractivity contribution in [3.05, 3.63) is 22.6 Å². The van der Waals surface area contributed by atoms with Crippen molar-refractivity contribution in [3.8, 4) is 0 Å². The van der Waals surface area contributed by atoms with E-state index in [4.69, 9.17) is 5.73 Å². The van der Waals surface area contributed by atoms with Gasteiger partial charge in [-0.3, -0.25) is 0 Å². The van der Waals surface area contributed by atoms with Crippen LogP contribution in [0.15, 0.2) is 16.9 Å². The number of H-pyrrole nitrogens is 1. The first-order valence-electron chi connectivity index (χ1n) is 5.53. The van der Waals surface area contributed by atoms with Gasteiger partial charge in [0.1, 0.15) is 5.82 Å². The maximum absolute atomic E-state index is 11.3. The van der Waals surface area contributed by atoms with Gasteiger partial charge in [-0.05, 0) is 31.5 Å². The summed E-state index contributed by atoms with van der Waals surface area (Å²) in [5.74, 6) is 0.961. The number of aromatic nitrogens is 4. The number of hydrogen-bond donors (Lipinski definition) is 3. The van der Waals surface area contributed by atoms with Crippen molar-refractivity contribution in [3.63, 3.8) is 0 Å². The Morgan fingerprint density at radius 3 is 3.00 bits per heavy atom. The van der Waals surface area contributed by atoms with Gasteiger partial charge in [-0.15, -0.1) is 5.10 Å². The Labute approximate surface area is 98.0 Å². The zero-order valence-corrected chi connectivity index (χ0v) is 9.84. The molecule has 0 fully saturated rings. The van der Waals surface area contributed by atoms with Crippen LogP contribution in [0.3, 0.4) is 0 Å². The molecular weight excluding hydrogens is 220 g/mol. The van der Waals surface area contributed by atoms with E-state index in [-0.39, 0.29) is 11.7 Å². The predicted octanol–water partition coefficient (Wildman–Crippen LogP) is -0.187. The minimum atomic E-state index is -0.344. The van der Waals surface area contributed by atoms with Crippen LogP contribution < -0.4 is 16.7 Å². The first kappa shape index (κ1) is 11.6. The fraction of sp³-hybridized carbons (Fsp3) is 0.500. The first-order valence-corrected chi connectivity index (χ1v) is 5.53. The number of rotatable bonds is 4. The van der Waals surface area contributed by atoms with Gasteiger partial charge in [0.05, 0.1) is 0 Å². The molecule has 2 rings (SSSR count). The molecule has 0 aliphatic carbocycles. The van der Waals surface area contributed by atoms with E-state index in [1.54, 1.807) is 12.1 Å². The molecule has 4 N–H and O–H groups in total. The lowest BCUT2D eigenvalue weighted by Crippen LogP contribution is -2.30. The van der Waals surface area contributed by atoms with E-state index >= 15 is 0 Å². The molecule has 0 aliphatic rings. The van der Waals surface area contributed by atoms with E-state index in [2.05, 4.69) is 27.5 Å². The number of nitrogens with zero attached hydrogens (tertiary/aromatic N) is 3. The number of fused-ring (bicyclic) bond motifs is 1. The highest BCUT2D eigenvalue weighted by Gasteiger charge is 2.11. The summed E-state index contributed by atoms with van der Waals surface area (Å²) in [5.41, 5.74) is 5.75. The van der Waals surface area contributed by atoms with Gasteiger partial charge in [-0.25, -0.2) is 9.89 Å². The topological polar surface area (TPSA) is 101 Å². The quantitative estimate of drug-likeness (QED) is 0.683. The van der Waals surface area contributed by atoms with Crippen molar-refractivity contribution in [2.75, 3.05) is 11.9 Å². The van der Waals surface area contributed by atoms with Crippen molar-refractivity contribution in [1.29, 1.82) is 0 Å². The molecule has 0 amide bonds. The maximum atomic E-state index is 11.3. The van der Waals surface area contributed by atoms with Crippen LogP contribution in [0.2, 0.25) is 0 Å².